The average molecular weight is 268 g/mol. The normalized spacial score (nSPS) is 9.47. The molecule has 3 nitrogen and oxygen atoms in total. The largest absolute Gasteiger partial charge is 0.469 e. The van der Waals surface area contributed by atoms with Crippen molar-refractivity contribution in [2.75, 3.05) is 7.11 Å². The Morgan fingerprint density at radius 3 is 2.73 bits per heavy atom. The summed E-state index contributed by atoms with van der Waals surface area (Å²) in [4.78, 5) is 11.1. The zero-order valence-electron chi connectivity index (χ0n) is 8.50. The highest BCUT2D eigenvalue weighted by atomic mass is 79.9. The van der Waals surface area contributed by atoms with Crippen molar-refractivity contribution in [3.05, 3.63) is 33.3 Å². The van der Waals surface area contributed by atoms with Crippen LogP contribution in [0.3, 0.4) is 0 Å². The van der Waals surface area contributed by atoms with Crippen molar-refractivity contribution in [3.8, 4) is 6.07 Å². The van der Waals surface area contributed by atoms with Crippen LogP contribution in [0, 0.1) is 18.3 Å². The fourth-order valence-corrected chi connectivity index (χ4v) is 1.98. The monoisotopic (exact) mass is 267 g/mol. The van der Waals surface area contributed by atoms with Gasteiger partial charge in [0.2, 0.25) is 0 Å². The molecule has 78 valence electrons. The number of methoxy groups -OCH3 is 1. The summed E-state index contributed by atoms with van der Waals surface area (Å²) < 4.78 is 5.36. The lowest BCUT2D eigenvalue weighted by atomic mass is 10.0. The molecule has 0 aliphatic rings. The lowest BCUT2D eigenvalue weighted by Gasteiger charge is -2.07. The standard InChI is InChI=1S/C11H10BrNO2/c1-7-3-8(6-13)4-10(12)9(7)5-11(14)15-2/h3-4H,5H2,1-2H3. The summed E-state index contributed by atoms with van der Waals surface area (Å²) in [5.41, 5.74) is 2.35. The van der Waals surface area contributed by atoms with Gasteiger partial charge in [0.05, 0.1) is 25.2 Å². The van der Waals surface area contributed by atoms with Crippen molar-refractivity contribution < 1.29 is 9.53 Å². The maximum absolute atomic E-state index is 11.1. The van der Waals surface area contributed by atoms with Crippen LogP contribution in [-0.2, 0) is 16.0 Å². The second-order valence-corrected chi connectivity index (χ2v) is 3.97. The van der Waals surface area contributed by atoms with Gasteiger partial charge in [-0.2, -0.15) is 5.26 Å². The number of benzene rings is 1. The zero-order valence-corrected chi connectivity index (χ0v) is 10.1. The average Bonchev–Trinajstić information content (AvgIpc) is 2.22. The summed E-state index contributed by atoms with van der Waals surface area (Å²) in [5.74, 6) is -0.288. The minimum atomic E-state index is -0.288. The van der Waals surface area contributed by atoms with Gasteiger partial charge in [-0.3, -0.25) is 4.79 Å². The first kappa shape index (κ1) is 11.7. The summed E-state index contributed by atoms with van der Waals surface area (Å²) in [6.45, 7) is 1.86. The Hall–Kier alpha value is -1.34. The molecule has 0 bridgehead atoms. The van der Waals surface area contributed by atoms with E-state index in [0.29, 0.717) is 5.56 Å². The second kappa shape index (κ2) is 4.94. The van der Waals surface area contributed by atoms with E-state index < -0.39 is 0 Å². The van der Waals surface area contributed by atoms with Gasteiger partial charge in [0.25, 0.3) is 0 Å². The number of nitriles is 1. The third-order valence-electron chi connectivity index (χ3n) is 2.10. The molecule has 1 aromatic carbocycles. The molecule has 0 saturated carbocycles. The Balaban J connectivity index is 3.10. The molecule has 0 fully saturated rings. The molecule has 0 spiro atoms. The van der Waals surface area contributed by atoms with Crippen molar-refractivity contribution in [3.63, 3.8) is 0 Å². The number of hydrogen-bond donors (Lipinski definition) is 0. The summed E-state index contributed by atoms with van der Waals surface area (Å²) in [6.07, 6.45) is 0.217. The number of ether oxygens (including phenoxy) is 1. The highest BCUT2D eigenvalue weighted by Crippen LogP contribution is 2.23. The van der Waals surface area contributed by atoms with Crippen LogP contribution >= 0.6 is 15.9 Å². The van der Waals surface area contributed by atoms with Gasteiger partial charge in [-0.25, -0.2) is 0 Å². The van der Waals surface area contributed by atoms with Crippen molar-refractivity contribution in [1.29, 1.82) is 5.26 Å². The van der Waals surface area contributed by atoms with E-state index in [1.54, 1.807) is 12.1 Å². The minimum absolute atomic E-state index is 0.217. The van der Waals surface area contributed by atoms with Crippen LogP contribution in [0.2, 0.25) is 0 Å². The third kappa shape index (κ3) is 2.80. The van der Waals surface area contributed by atoms with Crippen LogP contribution in [0.1, 0.15) is 16.7 Å². The fraction of sp³-hybridized carbons (Fsp3) is 0.273. The number of carbonyl (C=O) groups excluding carboxylic acids is 1. The Morgan fingerprint density at radius 1 is 1.60 bits per heavy atom. The molecule has 1 aromatic rings. The molecular formula is C11H10BrNO2. The summed E-state index contributed by atoms with van der Waals surface area (Å²) in [6, 6.07) is 5.51. The smallest absolute Gasteiger partial charge is 0.310 e. The van der Waals surface area contributed by atoms with E-state index in [0.717, 1.165) is 15.6 Å². The number of nitrogens with zero attached hydrogens (tertiary/aromatic N) is 1. The topological polar surface area (TPSA) is 50.1 Å². The molecule has 1 rings (SSSR count). The number of carbonyl (C=O) groups is 1. The van der Waals surface area contributed by atoms with E-state index in [-0.39, 0.29) is 12.4 Å². The Morgan fingerprint density at radius 2 is 2.27 bits per heavy atom. The van der Waals surface area contributed by atoms with E-state index in [9.17, 15) is 4.79 Å². The Labute approximate surface area is 96.8 Å². The van der Waals surface area contributed by atoms with Crippen molar-refractivity contribution in [2.24, 2.45) is 0 Å². The Kier molecular flexibility index (Phi) is 3.87. The first-order chi connectivity index (χ1) is 7.08. The summed E-state index contributed by atoms with van der Waals surface area (Å²) >= 11 is 3.34. The quantitative estimate of drug-likeness (QED) is 0.773. The molecule has 0 aromatic heterocycles. The first-order valence-corrected chi connectivity index (χ1v) is 5.13. The minimum Gasteiger partial charge on any atom is -0.469 e. The van der Waals surface area contributed by atoms with Gasteiger partial charge >= 0.3 is 5.97 Å². The molecule has 0 N–H and O–H groups in total. The van der Waals surface area contributed by atoms with E-state index in [2.05, 4.69) is 26.7 Å². The summed E-state index contributed by atoms with van der Waals surface area (Å²) in [7, 11) is 1.36. The van der Waals surface area contributed by atoms with Gasteiger partial charge in [-0.15, -0.1) is 0 Å². The van der Waals surface area contributed by atoms with Gasteiger partial charge in [-0.05, 0) is 30.2 Å². The third-order valence-corrected chi connectivity index (χ3v) is 2.80. The lowest BCUT2D eigenvalue weighted by Crippen LogP contribution is -2.06. The molecule has 0 heterocycles. The van der Waals surface area contributed by atoms with Gasteiger partial charge in [0, 0.05) is 4.47 Å². The highest BCUT2D eigenvalue weighted by molar-refractivity contribution is 9.10. The first-order valence-electron chi connectivity index (χ1n) is 4.34. The van der Waals surface area contributed by atoms with Crippen molar-refractivity contribution >= 4 is 21.9 Å². The molecule has 0 aliphatic heterocycles. The van der Waals surface area contributed by atoms with Gasteiger partial charge < -0.3 is 4.74 Å². The molecule has 0 radical (unpaired) electrons. The van der Waals surface area contributed by atoms with Crippen molar-refractivity contribution in [2.45, 2.75) is 13.3 Å². The fourth-order valence-electron chi connectivity index (χ4n) is 1.28. The van der Waals surface area contributed by atoms with Crippen LogP contribution in [0.25, 0.3) is 0 Å². The molecule has 4 heteroatoms. The molecule has 0 unspecified atom stereocenters. The van der Waals surface area contributed by atoms with Gasteiger partial charge in [0.15, 0.2) is 0 Å². The SMILES string of the molecule is COC(=O)Cc1c(C)cc(C#N)cc1Br. The maximum Gasteiger partial charge on any atom is 0.310 e. The molecule has 0 aliphatic carbocycles. The van der Waals surface area contributed by atoms with Crippen LogP contribution < -0.4 is 0 Å². The Bertz CT molecular complexity index is 412. The summed E-state index contributed by atoms with van der Waals surface area (Å²) in [5, 5.41) is 8.74. The predicted octanol–water partition coefficient (Wildman–Crippen LogP) is 2.34. The number of halogens is 1. The highest BCUT2D eigenvalue weighted by Gasteiger charge is 2.10. The van der Waals surface area contributed by atoms with Gasteiger partial charge in [0.1, 0.15) is 0 Å². The predicted molar refractivity (Wildman–Crippen MR) is 59.3 cm³/mol. The van der Waals surface area contributed by atoms with E-state index >= 15 is 0 Å². The van der Waals surface area contributed by atoms with Crippen LogP contribution in [0.15, 0.2) is 16.6 Å². The van der Waals surface area contributed by atoms with Gasteiger partial charge in [-0.1, -0.05) is 15.9 Å². The van der Waals surface area contributed by atoms with E-state index in [4.69, 9.17) is 5.26 Å². The number of rotatable bonds is 2. The van der Waals surface area contributed by atoms with E-state index in [1.165, 1.54) is 7.11 Å². The number of esters is 1. The van der Waals surface area contributed by atoms with Crippen LogP contribution in [0.5, 0.6) is 0 Å². The van der Waals surface area contributed by atoms with Crippen molar-refractivity contribution in [1.82, 2.24) is 0 Å². The number of hydrogen-bond acceptors (Lipinski definition) is 3. The molecule has 0 amide bonds. The molecule has 15 heavy (non-hydrogen) atoms. The molecular weight excluding hydrogens is 258 g/mol. The zero-order chi connectivity index (χ0) is 11.4. The van der Waals surface area contributed by atoms with Crippen LogP contribution in [-0.4, -0.2) is 13.1 Å². The lowest BCUT2D eigenvalue weighted by molar-refractivity contribution is -0.139. The van der Waals surface area contributed by atoms with E-state index in [1.807, 2.05) is 6.92 Å². The number of aryl methyl sites for hydroxylation is 1. The molecule has 0 saturated heterocycles. The molecule has 0 atom stereocenters. The maximum atomic E-state index is 11.1. The van der Waals surface area contributed by atoms with Crippen LogP contribution in [0.4, 0.5) is 0 Å². The second-order valence-electron chi connectivity index (χ2n) is 3.12.